The second kappa shape index (κ2) is 4.59. The molecule has 0 aliphatic rings. The zero-order chi connectivity index (χ0) is 12.3. The lowest BCUT2D eigenvalue weighted by Crippen LogP contribution is -2.09. The van der Waals surface area contributed by atoms with Crippen molar-refractivity contribution in [3.05, 3.63) is 33.0 Å². The normalized spacial score (nSPS) is 10.2. The van der Waals surface area contributed by atoms with Crippen LogP contribution in [-0.4, -0.2) is 9.91 Å². The van der Waals surface area contributed by atoms with Gasteiger partial charge in [-0.15, -0.1) is 0 Å². The van der Waals surface area contributed by atoms with Gasteiger partial charge in [0.25, 0.3) is 6.43 Å². The van der Waals surface area contributed by atoms with Crippen LogP contribution >= 0.6 is 0 Å². The summed E-state index contributed by atoms with van der Waals surface area (Å²) in [4.78, 5) is 12.8. The van der Waals surface area contributed by atoms with Crippen molar-refractivity contribution in [2.45, 2.75) is 13.0 Å². The predicted molar refractivity (Wildman–Crippen MR) is 48.5 cm³/mol. The zero-order valence-electron chi connectivity index (χ0n) is 7.85. The van der Waals surface area contributed by atoms with E-state index in [9.17, 15) is 18.9 Å². The van der Waals surface area contributed by atoms with E-state index in [2.05, 4.69) is 4.98 Å². The van der Waals surface area contributed by atoms with Gasteiger partial charge in [-0.05, 0) is 9.91 Å². The number of halogens is 2. The lowest BCUT2D eigenvalue weighted by molar-refractivity contribution is -0.389. The largest absolute Gasteiger partial charge is 0.381 e. The predicted octanol–water partition coefficient (Wildman–Crippen LogP) is 1.26. The molecule has 0 fully saturated rings. The maximum Gasteiger partial charge on any atom is 0.381 e. The Morgan fingerprint density at radius 1 is 1.69 bits per heavy atom. The van der Waals surface area contributed by atoms with Crippen molar-refractivity contribution in [2.75, 3.05) is 0 Å². The summed E-state index contributed by atoms with van der Waals surface area (Å²) in [5.74, 6) is -0.757. The number of aromatic nitrogens is 1. The number of hydrogen-bond acceptors (Lipinski definition) is 5. The number of nitrogens with zero attached hydrogens (tertiary/aromatic N) is 3. The molecule has 0 bridgehead atoms. The minimum atomic E-state index is -2.88. The Bertz CT molecular complexity index is 470. The summed E-state index contributed by atoms with van der Waals surface area (Å²) >= 11 is 0. The summed E-state index contributed by atoms with van der Waals surface area (Å²) in [6, 6.07) is 1.47. The highest BCUT2D eigenvalue weighted by atomic mass is 19.3. The average molecular weight is 228 g/mol. The van der Waals surface area contributed by atoms with Gasteiger partial charge in [-0.25, -0.2) is 8.78 Å². The van der Waals surface area contributed by atoms with Gasteiger partial charge in [0.2, 0.25) is 0 Å². The number of nitriles is 1. The number of alkyl halides is 2. The monoisotopic (exact) mass is 228 g/mol. The van der Waals surface area contributed by atoms with Crippen molar-refractivity contribution < 1.29 is 13.7 Å². The molecule has 0 radical (unpaired) electrons. The first kappa shape index (κ1) is 11.9. The smallest absolute Gasteiger partial charge is 0.358 e. The van der Waals surface area contributed by atoms with Crippen LogP contribution in [0.4, 0.5) is 14.6 Å². The SMILES string of the molecule is N#Cc1c([N+](=O)[O-])ncc(C(F)F)c1CN. The van der Waals surface area contributed by atoms with Gasteiger partial charge in [0.15, 0.2) is 5.56 Å². The van der Waals surface area contributed by atoms with Crippen molar-refractivity contribution in [1.82, 2.24) is 4.98 Å². The zero-order valence-corrected chi connectivity index (χ0v) is 7.85. The van der Waals surface area contributed by atoms with Crippen LogP contribution in [0.1, 0.15) is 23.1 Å². The van der Waals surface area contributed by atoms with Crippen molar-refractivity contribution in [3.63, 3.8) is 0 Å². The standard InChI is InChI=1S/C8H6F2N4O2/c9-7(10)6-3-13-8(14(15)16)5(2-12)4(6)1-11/h3,7H,1,11H2. The molecule has 1 aromatic rings. The summed E-state index contributed by atoms with van der Waals surface area (Å²) in [7, 11) is 0. The fourth-order valence-corrected chi connectivity index (χ4v) is 1.22. The highest BCUT2D eigenvalue weighted by Crippen LogP contribution is 2.28. The third kappa shape index (κ3) is 1.94. The highest BCUT2D eigenvalue weighted by Gasteiger charge is 2.25. The molecule has 84 valence electrons. The molecule has 0 aliphatic carbocycles. The molecular weight excluding hydrogens is 222 g/mol. The summed E-state index contributed by atoms with van der Waals surface area (Å²) in [6.07, 6.45) is -2.20. The van der Waals surface area contributed by atoms with Gasteiger partial charge in [0, 0.05) is 12.1 Å². The van der Waals surface area contributed by atoms with Crippen LogP contribution < -0.4 is 5.73 Å². The van der Waals surface area contributed by atoms with E-state index in [1.165, 1.54) is 6.07 Å². The maximum atomic E-state index is 12.5. The first-order valence-electron chi connectivity index (χ1n) is 4.07. The summed E-state index contributed by atoms with van der Waals surface area (Å²) in [5.41, 5.74) is 3.90. The molecule has 1 heterocycles. The highest BCUT2D eigenvalue weighted by molar-refractivity contribution is 5.51. The van der Waals surface area contributed by atoms with E-state index < -0.39 is 28.3 Å². The van der Waals surface area contributed by atoms with E-state index in [1.54, 1.807) is 0 Å². The Labute approximate surface area is 88.5 Å². The maximum absolute atomic E-state index is 12.5. The van der Waals surface area contributed by atoms with Gasteiger partial charge in [-0.3, -0.25) is 0 Å². The fraction of sp³-hybridized carbons (Fsp3) is 0.250. The van der Waals surface area contributed by atoms with E-state index >= 15 is 0 Å². The van der Waals surface area contributed by atoms with Crippen molar-refractivity contribution in [2.24, 2.45) is 5.73 Å². The molecule has 2 N–H and O–H groups in total. The molecule has 1 rings (SSSR count). The lowest BCUT2D eigenvalue weighted by atomic mass is 10.0. The Morgan fingerprint density at radius 2 is 2.31 bits per heavy atom. The number of hydrogen-bond donors (Lipinski definition) is 1. The van der Waals surface area contributed by atoms with Gasteiger partial charge in [0.1, 0.15) is 12.3 Å². The van der Waals surface area contributed by atoms with E-state index in [-0.39, 0.29) is 12.1 Å². The Hall–Kier alpha value is -2.14. The van der Waals surface area contributed by atoms with Crippen LogP contribution in [0.15, 0.2) is 6.20 Å². The molecule has 0 unspecified atom stereocenters. The minimum absolute atomic E-state index is 0.237. The average Bonchev–Trinajstić information content (AvgIpc) is 2.26. The topological polar surface area (TPSA) is 106 Å². The van der Waals surface area contributed by atoms with Gasteiger partial charge in [0.05, 0.1) is 5.56 Å². The summed E-state index contributed by atoms with van der Waals surface area (Å²) < 4.78 is 25.0. The summed E-state index contributed by atoms with van der Waals surface area (Å²) in [5, 5.41) is 19.2. The number of nitro groups is 1. The van der Waals surface area contributed by atoms with Gasteiger partial charge in [-0.2, -0.15) is 5.26 Å². The van der Waals surface area contributed by atoms with Gasteiger partial charge >= 0.3 is 5.82 Å². The molecular formula is C8H6F2N4O2. The van der Waals surface area contributed by atoms with Crippen LogP contribution in [0.25, 0.3) is 0 Å². The van der Waals surface area contributed by atoms with E-state index in [4.69, 9.17) is 11.0 Å². The summed E-state index contributed by atoms with van der Waals surface area (Å²) in [6.45, 7) is -0.383. The van der Waals surface area contributed by atoms with Crippen LogP contribution in [0.3, 0.4) is 0 Å². The molecule has 6 nitrogen and oxygen atoms in total. The molecule has 1 aromatic heterocycles. The molecule has 16 heavy (non-hydrogen) atoms. The van der Waals surface area contributed by atoms with Crippen LogP contribution in [0.5, 0.6) is 0 Å². The first-order chi connectivity index (χ1) is 7.52. The second-order valence-corrected chi connectivity index (χ2v) is 2.76. The van der Waals surface area contributed by atoms with Crippen LogP contribution in [0.2, 0.25) is 0 Å². The molecule has 0 amide bonds. The quantitative estimate of drug-likeness (QED) is 0.619. The van der Waals surface area contributed by atoms with E-state index in [0.29, 0.717) is 6.20 Å². The molecule has 0 aliphatic heterocycles. The van der Waals surface area contributed by atoms with E-state index in [1.807, 2.05) is 0 Å². The third-order valence-electron chi connectivity index (χ3n) is 1.92. The van der Waals surface area contributed by atoms with Crippen molar-refractivity contribution >= 4 is 5.82 Å². The fourth-order valence-electron chi connectivity index (χ4n) is 1.22. The molecule has 8 heteroatoms. The molecule has 0 saturated carbocycles. The minimum Gasteiger partial charge on any atom is -0.358 e. The molecule has 0 saturated heterocycles. The Balaban J connectivity index is 3.54. The number of pyridine rings is 1. The van der Waals surface area contributed by atoms with Crippen molar-refractivity contribution in [3.8, 4) is 6.07 Å². The third-order valence-corrected chi connectivity index (χ3v) is 1.92. The Kier molecular flexibility index (Phi) is 3.42. The van der Waals surface area contributed by atoms with Crippen molar-refractivity contribution in [1.29, 1.82) is 5.26 Å². The van der Waals surface area contributed by atoms with Gasteiger partial charge in [-0.1, -0.05) is 0 Å². The number of rotatable bonds is 3. The second-order valence-electron chi connectivity index (χ2n) is 2.76. The van der Waals surface area contributed by atoms with Crippen LogP contribution in [-0.2, 0) is 6.54 Å². The van der Waals surface area contributed by atoms with Gasteiger partial charge < -0.3 is 15.8 Å². The molecule has 0 aromatic carbocycles. The Morgan fingerprint density at radius 3 is 2.69 bits per heavy atom. The lowest BCUT2D eigenvalue weighted by Gasteiger charge is -2.06. The molecule has 0 spiro atoms. The number of nitrogens with two attached hydrogens (primary N) is 1. The molecule has 0 atom stereocenters. The van der Waals surface area contributed by atoms with E-state index in [0.717, 1.165) is 0 Å². The van der Waals surface area contributed by atoms with Crippen LogP contribution in [0, 0.1) is 21.4 Å². The first-order valence-corrected chi connectivity index (χ1v) is 4.07.